The van der Waals surface area contributed by atoms with E-state index in [9.17, 15) is 18.3 Å². The summed E-state index contributed by atoms with van der Waals surface area (Å²) in [5.41, 5.74) is 1.00. The predicted molar refractivity (Wildman–Crippen MR) is 86.4 cm³/mol. The summed E-state index contributed by atoms with van der Waals surface area (Å²) in [5.74, 6) is 0.715. The number of halogens is 3. The Kier molecular flexibility index (Phi) is 4.94. The van der Waals surface area contributed by atoms with Gasteiger partial charge in [0.05, 0.1) is 25.2 Å². The largest absolute Gasteiger partial charge is 0.496 e. The van der Waals surface area contributed by atoms with Gasteiger partial charge in [-0.1, -0.05) is 18.2 Å². The summed E-state index contributed by atoms with van der Waals surface area (Å²) in [5, 5.41) is 17.8. The van der Waals surface area contributed by atoms with Gasteiger partial charge in [0.25, 0.3) is 0 Å². The van der Waals surface area contributed by atoms with Crippen LogP contribution in [0.4, 0.5) is 13.2 Å². The fourth-order valence-electron chi connectivity index (χ4n) is 2.59. The molecule has 1 unspecified atom stereocenters. The van der Waals surface area contributed by atoms with E-state index >= 15 is 0 Å². The highest BCUT2D eigenvalue weighted by molar-refractivity contribution is 5.66. The van der Waals surface area contributed by atoms with Crippen LogP contribution in [0.5, 0.6) is 5.75 Å². The number of ether oxygens (including phenoxy) is 1. The minimum Gasteiger partial charge on any atom is -0.496 e. The summed E-state index contributed by atoms with van der Waals surface area (Å²) in [6, 6.07) is 9.85. The van der Waals surface area contributed by atoms with E-state index in [4.69, 9.17) is 9.15 Å². The second-order valence-corrected chi connectivity index (χ2v) is 5.58. The van der Waals surface area contributed by atoms with Crippen molar-refractivity contribution in [1.82, 2.24) is 10.2 Å². The molecule has 5 nitrogen and oxygen atoms in total. The molecule has 3 aromatic rings. The zero-order chi connectivity index (χ0) is 18.7. The van der Waals surface area contributed by atoms with E-state index < -0.39 is 17.8 Å². The third-order valence-corrected chi connectivity index (χ3v) is 3.91. The van der Waals surface area contributed by atoms with Crippen LogP contribution in [0.3, 0.4) is 0 Å². The van der Waals surface area contributed by atoms with Crippen LogP contribution in [0, 0.1) is 0 Å². The summed E-state index contributed by atoms with van der Waals surface area (Å²) in [6.07, 6.45) is -4.10. The zero-order valence-corrected chi connectivity index (χ0v) is 13.7. The van der Waals surface area contributed by atoms with Crippen molar-refractivity contribution in [3.63, 3.8) is 0 Å². The van der Waals surface area contributed by atoms with Crippen LogP contribution in [-0.2, 0) is 12.6 Å². The average Bonchev–Trinajstić information content (AvgIpc) is 3.13. The van der Waals surface area contributed by atoms with Crippen LogP contribution < -0.4 is 4.74 Å². The highest BCUT2D eigenvalue weighted by atomic mass is 19.4. The van der Waals surface area contributed by atoms with Gasteiger partial charge in [0.1, 0.15) is 5.75 Å². The van der Waals surface area contributed by atoms with Crippen molar-refractivity contribution in [1.29, 1.82) is 0 Å². The standard InChI is InChI=1S/C18H15F3N2O3/c1-25-16-7-4-12(11-2-5-13(6-3-11)18(19,20)21)8-14(16)15(24)9-17-23-22-10-26-17/h2-8,10,15,24H,9H2,1H3. The predicted octanol–water partition coefficient (Wildman–Crippen LogP) is 4.04. The fourth-order valence-corrected chi connectivity index (χ4v) is 2.59. The molecule has 0 aliphatic rings. The number of aliphatic hydroxyl groups is 1. The first-order chi connectivity index (χ1) is 12.4. The molecule has 0 aliphatic carbocycles. The number of methoxy groups -OCH3 is 1. The van der Waals surface area contributed by atoms with Crippen molar-refractivity contribution in [3.05, 3.63) is 65.9 Å². The Balaban J connectivity index is 1.91. The molecule has 1 atom stereocenters. The highest BCUT2D eigenvalue weighted by Crippen LogP contribution is 2.34. The van der Waals surface area contributed by atoms with Crippen LogP contribution in [0.1, 0.15) is 23.1 Å². The van der Waals surface area contributed by atoms with E-state index in [0.29, 0.717) is 22.4 Å². The number of aliphatic hydroxyl groups excluding tert-OH is 1. The Bertz CT molecular complexity index is 862. The van der Waals surface area contributed by atoms with Gasteiger partial charge in [-0.05, 0) is 35.4 Å². The molecule has 0 saturated carbocycles. The second kappa shape index (κ2) is 7.17. The van der Waals surface area contributed by atoms with Gasteiger partial charge < -0.3 is 14.3 Å². The fraction of sp³-hybridized carbons (Fsp3) is 0.222. The van der Waals surface area contributed by atoms with Gasteiger partial charge in [-0.25, -0.2) is 0 Å². The number of nitrogens with zero attached hydrogens (tertiary/aromatic N) is 2. The number of rotatable bonds is 5. The Labute approximate surface area is 147 Å². The van der Waals surface area contributed by atoms with Gasteiger partial charge in [0.15, 0.2) is 0 Å². The van der Waals surface area contributed by atoms with Crippen LogP contribution in [0.25, 0.3) is 11.1 Å². The minimum absolute atomic E-state index is 0.0901. The van der Waals surface area contributed by atoms with Crippen molar-refractivity contribution in [2.75, 3.05) is 7.11 Å². The molecule has 0 amide bonds. The van der Waals surface area contributed by atoms with Gasteiger partial charge >= 0.3 is 6.18 Å². The lowest BCUT2D eigenvalue weighted by Crippen LogP contribution is -2.05. The number of aromatic nitrogens is 2. The van der Waals surface area contributed by atoms with E-state index in [1.54, 1.807) is 18.2 Å². The molecule has 2 aromatic carbocycles. The molecular formula is C18H15F3N2O3. The van der Waals surface area contributed by atoms with E-state index in [-0.39, 0.29) is 12.3 Å². The van der Waals surface area contributed by atoms with Crippen molar-refractivity contribution in [3.8, 4) is 16.9 Å². The third kappa shape index (κ3) is 3.85. The van der Waals surface area contributed by atoms with Gasteiger partial charge in [-0.2, -0.15) is 13.2 Å². The second-order valence-electron chi connectivity index (χ2n) is 5.58. The quantitative estimate of drug-likeness (QED) is 0.740. The average molecular weight is 364 g/mol. The summed E-state index contributed by atoms with van der Waals surface area (Å²) in [4.78, 5) is 0. The number of benzene rings is 2. The van der Waals surface area contributed by atoms with Gasteiger partial charge in [0.2, 0.25) is 12.3 Å². The number of hydrogen-bond acceptors (Lipinski definition) is 5. The molecule has 0 spiro atoms. The smallest absolute Gasteiger partial charge is 0.416 e. The van der Waals surface area contributed by atoms with E-state index in [2.05, 4.69) is 10.2 Å². The molecule has 0 saturated heterocycles. The number of alkyl halides is 3. The molecule has 1 aromatic heterocycles. The lowest BCUT2D eigenvalue weighted by atomic mass is 9.97. The topological polar surface area (TPSA) is 68.4 Å². The molecule has 0 fully saturated rings. The van der Waals surface area contributed by atoms with E-state index in [1.165, 1.54) is 19.2 Å². The van der Waals surface area contributed by atoms with Crippen molar-refractivity contribution >= 4 is 0 Å². The maximum atomic E-state index is 12.7. The van der Waals surface area contributed by atoms with Crippen LogP contribution in [-0.4, -0.2) is 22.4 Å². The Hall–Kier alpha value is -2.87. The summed E-state index contributed by atoms with van der Waals surface area (Å²) >= 11 is 0. The van der Waals surface area contributed by atoms with Crippen molar-refractivity contribution in [2.24, 2.45) is 0 Å². The number of hydrogen-bond donors (Lipinski definition) is 1. The minimum atomic E-state index is -4.39. The normalized spacial score (nSPS) is 12.8. The molecule has 1 N–H and O–H groups in total. The zero-order valence-electron chi connectivity index (χ0n) is 13.7. The SMILES string of the molecule is COc1ccc(-c2ccc(C(F)(F)F)cc2)cc1C(O)Cc1nnco1. The summed E-state index contributed by atoms with van der Waals surface area (Å²) in [6.45, 7) is 0. The Morgan fingerprint density at radius 1 is 1.12 bits per heavy atom. The van der Waals surface area contributed by atoms with Gasteiger partial charge in [-0.15, -0.1) is 10.2 Å². The van der Waals surface area contributed by atoms with Gasteiger partial charge in [-0.3, -0.25) is 0 Å². The Morgan fingerprint density at radius 2 is 1.81 bits per heavy atom. The molecule has 0 bridgehead atoms. The van der Waals surface area contributed by atoms with E-state index in [1.807, 2.05) is 0 Å². The van der Waals surface area contributed by atoms with Crippen LogP contribution in [0.15, 0.2) is 53.3 Å². The maximum absolute atomic E-state index is 12.7. The van der Waals surface area contributed by atoms with E-state index in [0.717, 1.165) is 18.5 Å². The lowest BCUT2D eigenvalue weighted by molar-refractivity contribution is -0.137. The lowest BCUT2D eigenvalue weighted by Gasteiger charge is -2.15. The molecule has 0 radical (unpaired) electrons. The van der Waals surface area contributed by atoms with Crippen LogP contribution >= 0.6 is 0 Å². The van der Waals surface area contributed by atoms with Crippen molar-refractivity contribution < 1.29 is 27.4 Å². The first-order valence-corrected chi connectivity index (χ1v) is 7.67. The van der Waals surface area contributed by atoms with Gasteiger partial charge in [0, 0.05) is 5.56 Å². The molecule has 0 aliphatic heterocycles. The highest BCUT2D eigenvalue weighted by Gasteiger charge is 2.30. The maximum Gasteiger partial charge on any atom is 0.416 e. The monoisotopic (exact) mass is 364 g/mol. The molecule has 136 valence electrons. The first-order valence-electron chi connectivity index (χ1n) is 7.67. The third-order valence-electron chi connectivity index (χ3n) is 3.91. The first kappa shape index (κ1) is 17.9. The Morgan fingerprint density at radius 3 is 2.38 bits per heavy atom. The molecule has 8 heteroatoms. The van der Waals surface area contributed by atoms with Crippen LogP contribution in [0.2, 0.25) is 0 Å². The molecule has 26 heavy (non-hydrogen) atoms. The molecule has 1 heterocycles. The molecular weight excluding hydrogens is 349 g/mol. The summed E-state index contributed by atoms with van der Waals surface area (Å²) in [7, 11) is 1.47. The van der Waals surface area contributed by atoms with Crippen molar-refractivity contribution in [2.45, 2.75) is 18.7 Å². The summed E-state index contributed by atoms with van der Waals surface area (Å²) < 4.78 is 48.4. The molecule has 3 rings (SSSR count).